The van der Waals surface area contributed by atoms with Gasteiger partial charge < -0.3 is 10.1 Å². The van der Waals surface area contributed by atoms with Crippen LogP contribution in [0.3, 0.4) is 0 Å². The lowest BCUT2D eigenvalue weighted by molar-refractivity contribution is 0.309. The molecule has 1 saturated carbocycles. The molecule has 3 nitrogen and oxygen atoms in total. The highest BCUT2D eigenvalue weighted by molar-refractivity contribution is 9.11. The number of unbranched alkanes of at least 4 members (excludes halogenated alkanes) is 1. The zero-order valence-electron chi connectivity index (χ0n) is 10.6. The van der Waals surface area contributed by atoms with Gasteiger partial charge in [0.25, 0.3) is 0 Å². The summed E-state index contributed by atoms with van der Waals surface area (Å²) in [6.45, 7) is 1.45. The topological polar surface area (TPSA) is 45.0 Å². The van der Waals surface area contributed by atoms with Gasteiger partial charge in [-0.2, -0.15) is 5.26 Å². The normalized spacial score (nSPS) is 14.2. The van der Waals surface area contributed by atoms with Crippen molar-refractivity contribution in [1.82, 2.24) is 5.32 Å². The van der Waals surface area contributed by atoms with Gasteiger partial charge in [0.05, 0.1) is 21.6 Å². The van der Waals surface area contributed by atoms with Gasteiger partial charge in [0.1, 0.15) is 5.75 Å². The largest absolute Gasteiger partial charge is 0.491 e. The Morgan fingerprint density at radius 2 is 2.00 bits per heavy atom. The Hall–Kier alpha value is -0.570. The zero-order chi connectivity index (χ0) is 13.7. The van der Waals surface area contributed by atoms with Crippen molar-refractivity contribution in [2.75, 3.05) is 6.61 Å². The number of nitrogens with zero attached hydrogens (tertiary/aromatic N) is 1. The van der Waals surface area contributed by atoms with Crippen molar-refractivity contribution < 1.29 is 4.74 Å². The van der Waals surface area contributed by atoms with Crippen molar-refractivity contribution in [2.45, 2.75) is 38.3 Å². The van der Waals surface area contributed by atoms with Crippen molar-refractivity contribution >= 4 is 31.9 Å². The molecule has 0 spiro atoms. The summed E-state index contributed by atoms with van der Waals surface area (Å²) in [5.74, 6) is 0.813. The first-order valence-corrected chi connectivity index (χ1v) is 8.00. The number of rotatable bonds is 7. The van der Waals surface area contributed by atoms with Crippen molar-refractivity contribution in [2.24, 2.45) is 0 Å². The second-order valence-electron chi connectivity index (χ2n) is 4.65. The van der Waals surface area contributed by atoms with Gasteiger partial charge in [-0.25, -0.2) is 0 Å². The van der Waals surface area contributed by atoms with Gasteiger partial charge in [0.2, 0.25) is 0 Å². The van der Waals surface area contributed by atoms with Crippen molar-refractivity contribution in [3.63, 3.8) is 0 Å². The van der Waals surface area contributed by atoms with Crippen LogP contribution in [-0.2, 0) is 6.54 Å². The summed E-state index contributed by atoms with van der Waals surface area (Å²) in [5.41, 5.74) is 1.23. The van der Waals surface area contributed by atoms with Crippen molar-refractivity contribution in [3.05, 3.63) is 26.6 Å². The Balaban J connectivity index is 1.93. The second kappa shape index (κ2) is 7.28. The summed E-state index contributed by atoms with van der Waals surface area (Å²) in [5, 5.41) is 12.0. The molecule has 0 unspecified atom stereocenters. The standard InChI is InChI=1S/C14H16Br2N2O/c15-12-7-10(9-18-11-3-4-11)8-13(16)14(12)19-6-2-1-5-17/h7-8,11,18H,1-4,6,9H2. The van der Waals surface area contributed by atoms with Gasteiger partial charge in [-0.05, 0) is 68.8 Å². The van der Waals surface area contributed by atoms with Crippen LogP contribution in [0.15, 0.2) is 21.1 Å². The van der Waals surface area contributed by atoms with E-state index in [-0.39, 0.29) is 0 Å². The van der Waals surface area contributed by atoms with E-state index in [9.17, 15) is 0 Å². The lowest BCUT2D eigenvalue weighted by atomic mass is 10.2. The average molecular weight is 388 g/mol. The molecule has 1 aliphatic rings. The number of hydrogen-bond acceptors (Lipinski definition) is 3. The van der Waals surface area contributed by atoms with Gasteiger partial charge in [0, 0.05) is 19.0 Å². The summed E-state index contributed by atoms with van der Waals surface area (Å²) in [7, 11) is 0. The van der Waals surface area contributed by atoms with Gasteiger partial charge in [-0.1, -0.05) is 0 Å². The molecular weight excluding hydrogens is 372 g/mol. The first-order chi connectivity index (χ1) is 9.20. The third-order valence-corrected chi connectivity index (χ3v) is 4.09. The molecule has 0 saturated heterocycles. The van der Waals surface area contributed by atoms with Crippen molar-refractivity contribution in [1.29, 1.82) is 5.26 Å². The van der Waals surface area contributed by atoms with E-state index in [1.54, 1.807) is 0 Å². The van der Waals surface area contributed by atoms with Crippen LogP contribution >= 0.6 is 31.9 Å². The van der Waals surface area contributed by atoms with Crippen LogP contribution in [0.5, 0.6) is 5.75 Å². The lowest BCUT2D eigenvalue weighted by Gasteiger charge is -2.12. The number of benzene rings is 1. The fourth-order valence-corrected chi connectivity index (χ4v) is 3.24. The van der Waals surface area contributed by atoms with E-state index in [2.05, 4.69) is 55.4 Å². The van der Waals surface area contributed by atoms with E-state index in [0.29, 0.717) is 19.1 Å². The van der Waals surface area contributed by atoms with Gasteiger partial charge in [0.15, 0.2) is 0 Å². The third-order valence-electron chi connectivity index (χ3n) is 2.91. The smallest absolute Gasteiger partial charge is 0.147 e. The summed E-state index contributed by atoms with van der Waals surface area (Å²) in [6, 6.07) is 6.99. The lowest BCUT2D eigenvalue weighted by Crippen LogP contribution is -2.15. The molecule has 0 amide bonds. The molecule has 102 valence electrons. The maximum Gasteiger partial charge on any atom is 0.147 e. The molecule has 1 fully saturated rings. The van der Waals surface area contributed by atoms with E-state index in [4.69, 9.17) is 10.00 Å². The van der Waals surface area contributed by atoms with Gasteiger partial charge in [-0.15, -0.1) is 0 Å². The Labute approximate surface area is 130 Å². The average Bonchev–Trinajstić information content (AvgIpc) is 3.18. The molecule has 0 radical (unpaired) electrons. The first kappa shape index (κ1) is 14.8. The highest BCUT2D eigenvalue weighted by Gasteiger charge is 2.20. The Kier molecular flexibility index (Phi) is 5.68. The van der Waals surface area contributed by atoms with E-state index >= 15 is 0 Å². The monoisotopic (exact) mass is 386 g/mol. The molecule has 0 heterocycles. The fourth-order valence-electron chi connectivity index (χ4n) is 1.73. The SMILES string of the molecule is N#CCCCOc1c(Br)cc(CNC2CC2)cc1Br. The van der Waals surface area contributed by atoms with E-state index in [1.165, 1.54) is 18.4 Å². The first-order valence-electron chi connectivity index (χ1n) is 6.41. The van der Waals surface area contributed by atoms with Crippen LogP contribution in [0.4, 0.5) is 0 Å². The van der Waals surface area contributed by atoms with Crippen LogP contribution in [-0.4, -0.2) is 12.6 Å². The molecule has 1 aromatic rings. The van der Waals surface area contributed by atoms with E-state index in [1.807, 2.05) is 0 Å². The summed E-state index contributed by atoms with van der Waals surface area (Å²) >= 11 is 7.08. The molecule has 0 atom stereocenters. The number of nitriles is 1. The van der Waals surface area contributed by atoms with Crippen LogP contribution in [0.25, 0.3) is 0 Å². The van der Waals surface area contributed by atoms with Gasteiger partial charge >= 0.3 is 0 Å². The molecule has 1 aromatic carbocycles. The van der Waals surface area contributed by atoms with Crippen molar-refractivity contribution in [3.8, 4) is 11.8 Å². The molecule has 1 N–H and O–H groups in total. The predicted molar refractivity (Wildman–Crippen MR) is 82.0 cm³/mol. The maximum atomic E-state index is 8.49. The second-order valence-corrected chi connectivity index (χ2v) is 6.36. The van der Waals surface area contributed by atoms with Crippen LogP contribution in [0.2, 0.25) is 0 Å². The Bertz CT molecular complexity index is 458. The third kappa shape index (κ3) is 4.79. The minimum absolute atomic E-state index is 0.526. The number of nitrogens with one attached hydrogen (secondary N) is 1. The molecule has 0 bridgehead atoms. The highest BCUT2D eigenvalue weighted by atomic mass is 79.9. The molecule has 0 aliphatic heterocycles. The molecule has 5 heteroatoms. The van der Waals surface area contributed by atoms with E-state index in [0.717, 1.165) is 27.7 Å². The minimum Gasteiger partial charge on any atom is -0.491 e. The molecule has 1 aliphatic carbocycles. The maximum absolute atomic E-state index is 8.49. The number of halogens is 2. The summed E-state index contributed by atoms with van der Waals surface area (Å²) in [6.07, 6.45) is 3.86. The van der Waals surface area contributed by atoms with Crippen LogP contribution in [0, 0.1) is 11.3 Å². The Morgan fingerprint density at radius 3 is 2.58 bits per heavy atom. The molecule has 2 rings (SSSR count). The Morgan fingerprint density at radius 1 is 1.32 bits per heavy atom. The quantitative estimate of drug-likeness (QED) is 0.715. The van der Waals surface area contributed by atoms with Gasteiger partial charge in [-0.3, -0.25) is 0 Å². The van der Waals surface area contributed by atoms with Crippen LogP contribution < -0.4 is 10.1 Å². The zero-order valence-corrected chi connectivity index (χ0v) is 13.8. The minimum atomic E-state index is 0.526. The van der Waals surface area contributed by atoms with Crippen LogP contribution in [0.1, 0.15) is 31.2 Å². The molecule has 19 heavy (non-hydrogen) atoms. The van der Waals surface area contributed by atoms with E-state index < -0.39 is 0 Å². The summed E-state index contributed by atoms with van der Waals surface area (Å²) < 4.78 is 7.60. The summed E-state index contributed by atoms with van der Waals surface area (Å²) in [4.78, 5) is 0. The predicted octanol–water partition coefficient (Wildman–Crippen LogP) is 4.15. The fraction of sp³-hybridized carbons (Fsp3) is 0.500. The highest BCUT2D eigenvalue weighted by Crippen LogP contribution is 2.35. The number of hydrogen-bond donors (Lipinski definition) is 1. The molecule has 0 aromatic heterocycles. The molecular formula is C14H16Br2N2O. The number of ether oxygens (including phenoxy) is 1.